The maximum absolute atomic E-state index is 12.9. The summed E-state index contributed by atoms with van der Waals surface area (Å²) in [5.74, 6) is -1.18. The highest BCUT2D eigenvalue weighted by atomic mass is 16.6. The van der Waals surface area contributed by atoms with Gasteiger partial charge in [0, 0.05) is 31.4 Å². The number of amides is 2. The number of carbonyl (C=O) groups is 3. The molecule has 0 unspecified atom stereocenters. The lowest BCUT2D eigenvalue weighted by molar-refractivity contribution is -0.385. The number of hydrogen-bond acceptors (Lipinski definition) is 7. The van der Waals surface area contributed by atoms with Gasteiger partial charge < -0.3 is 20.4 Å². The number of carboxylic acid groups (broad SMARTS) is 2. The van der Waals surface area contributed by atoms with Crippen LogP contribution in [0.4, 0.5) is 26.8 Å². The Kier molecular flexibility index (Phi) is 5.05. The average molecular weight is 432 g/mol. The van der Waals surface area contributed by atoms with Crippen molar-refractivity contribution in [2.45, 2.75) is 25.9 Å². The second kappa shape index (κ2) is 7.27. The van der Waals surface area contributed by atoms with E-state index in [1.807, 2.05) is 0 Å². The first-order valence-electron chi connectivity index (χ1n) is 8.99. The van der Waals surface area contributed by atoms with Gasteiger partial charge in [0.1, 0.15) is 11.4 Å². The lowest BCUT2D eigenvalue weighted by Crippen LogP contribution is -2.40. The molecule has 2 amide bonds. The van der Waals surface area contributed by atoms with Crippen LogP contribution in [0.15, 0.2) is 18.2 Å². The Morgan fingerprint density at radius 2 is 1.87 bits per heavy atom. The molecule has 2 heterocycles. The van der Waals surface area contributed by atoms with E-state index in [1.54, 1.807) is 32.8 Å². The molecule has 1 aromatic heterocycles. The summed E-state index contributed by atoms with van der Waals surface area (Å²) in [6, 6.07) is 4.00. The number of benzene rings is 1. The average Bonchev–Trinajstić information content (AvgIpc) is 3.16. The summed E-state index contributed by atoms with van der Waals surface area (Å²) < 4.78 is 0.531. The third-order valence-electron chi connectivity index (χ3n) is 5.14. The van der Waals surface area contributed by atoms with Crippen LogP contribution in [0, 0.1) is 10.1 Å². The quantitative estimate of drug-likeness (QED) is 0.484. The van der Waals surface area contributed by atoms with E-state index in [9.17, 15) is 34.7 Å². The van der Waals surface area contributed by atoms with Crippen molar-refractivity contribution >= 4 is 35.3 Å². The minimum atomic E-state index is -1.50. The number of nitro groups is 1. The van der Waals surface area contributed by atoms with Crippen molar-refractivity contribution in [3.63, 3.8) is 0 Å². The highest BCUT2D eigenvalue weighted by molar-refractivity contribution is 6.08. The zero-order valence-electron chi connectivity index (χ0n) is 17.1. The van der Waals surface area contributed by atoms with Gasteiger partial charge >= 0.3 is 12.2 Å². The maximum Gasteiger partial charge on any atom is 0.434 e. The molecule has 1 aliphatic rings. The number of nitrogens with one attached hydrogen (secondary N) is 1. The molecule has 0 bridgehead atoms. The zero-order chi connectivity index (χ0) is 23.2. The van der Waals surface area contributed by atoms with E-state index < -0.39 is 34.2 Å². The SMILES string of the molecule is CN(C)c1ccc(C(=O)Nc2c3c(nn2C(=O)O)C(C)(C)N(C(=O)O)C3)c([N+](=O)[O-])c1. The van der Waals surface area contributed by atoms with Gasteiger partial charge in [-0.15, -0.1) is 4.68 Å². The molecule has 31 heavy (non-hydrogen) atoms. The zero-order valence-corrected chi connectivity index (χ0v) is 17.1. The van der Waals surface area contributed by atoms with E-state index in [4.69, 9.17) is 0 Å². The summed E-state index contributed by atoms with van der Waals surface area (Å²) in [6.07, 6.45) is -2.74. The van der Waals surface area contributed by atoms with Crippen LogP contribution < -0.4 is 10.2 Å². The molecule has 1 aromatic carbocycles. The first-order valence-corrected chi connectivity index (χ1v) is 8.99. The lowest BCUT2D eigenvalue weighted by atomic mass is 10.0. The second-order valence-corrected chi connectivity index (χ2v) is 7.60. The molecule has 0 radical (unpaired) electrons. The third-order valence-corrected chi connectivity index (χ3v) is 5.14. The van der Waals surface area contributed by atoms with Crippen LogP contribution in [0.5, 0.6) is 0 Å². The summed E-state index contributed by atoms with van der Waals surface area (Å²) in [6.45, 7) is 2.91. The van der Waals surface area contributed by atoms with E-state index >= 15 is 0 Å². The van der Waals surface area contributed by atoms with Crippen LogP contribution >= 0.6 is 0 Å². The largest absolute Gasteiger partial charge is 0.465 e. The Morgan fingerprint density at radius 1 is 1.23 bits per heavy atom. The molecule has 0 fully saturated rings. The molecular formula is C18H20N6O7. The molecule has 0 saturated carbocycles. The van der Waals surface area contributed by atoms with Gasteiger partial charge in [0.2, 0.25) is 0 Å². The lowest BCUT2D eigenvalue weighted by Gasteiger charge is -2.28. The molecule has 0 saturated heterocycles. The standard InChI is InChI=1S/C18H20N6O7/c1-18(2)13-11(8-22(18)16(26)27)14(23(20-13)17(28)29)19-15(25)10-6-5-9(21(3)4)7-12(10)24(30)31/h5-7H,8H2,1-4H3,(H,19,25)(H,26,27)(H,28,29). The third kappa shape index (κ3) is 3.49. The van der Waals surface area contributed by atoms with Crippen LogP contribution in [0.2, 0.25) is 0 Å². The van der Waals surface area contributed by atoms with Gasteiger partial charge in [0.15, 0.2) is 0 Å². The van der Waals surface area contributed by atoms with Gasteiger partial charge in [-0.1, -0.05) is 0 Å². The Bertz CT molecular complexity index is 1120. The van der Waals surface area contributed by atoms with E-state index in [0.717, 1.165) is 4.90 Å². The first-order chi connectivity index (χ1) is 14.4. The van der Waals surface area contributed by atoms with Gasteiger partial charge in [-0.3, -0.25) is 19.8 Å². The van der Waals surface area contributed by atoms with Crippen LogP contribution in [0.3, 0.4) is 0 Å². The van der Waals surface area contributed by atoms with Gasteiger partial charge in [-0.2, -0.15) is 5.10 Å². The topological polar surface area (TPSA) is 171 Å². The van der Waals surface area contributed by atoms with Crippen molar-refractivity contribution in [2.24, 2.45) is 0 Å². The molecule has 2 aromatic rings. The summed E-state index contributed by atoms with van der Waals surface area (Å²) >= 11 is 0. The van der Waals surface area contributed by atoms with Crippen LogP contribution in [0.1, 0.15) is 35.5 Å². The number of aromatic nitrogens is 2. The first kappa shape index (κ1) is 21.5. The molecule has 0 atom stereocenters. The van der Waals surface area contributed by atoms with Crippen molar-refractivity contribution in [1.29, 1.82) is 0 Å². The van der Waals surface area contributed by atoms with Crippen molar-refractivity contribution in [3.8, 4) is 0 Å². The fourth-order valence-electron chi connectivity index (χ4n) is 3.47. The fourth-order valence-corrected chi connectivity index (χ4v) is 3.47. The predicted molar refractivity (Wildman–Crippen MR) is 108 cm³/mol. The number of nitrogens with zero attached hydrogens (tertiary/aromatic N) is 5. The van der Waals surface area contributed by atoms with E-state index in [1.165, 1.54) is 18.2 Å². The Labute approximate surface area is 175 Å². The number of nitro benzene ring substituents is 1. The van der Waals surface area contributed by atoms with Crippen molar-refractivity contribution in [3.05, 3.63) is 45.1 Å². The maximum atomic E-state index is 12.9. The summed E-state index contributed by atoms with van der Waals surface area (Å²) in [5, 5.41) is 36.8. The van der Waals surface area contributed by atoms with Crippen molar-refractivity contribution in [2.75, 3.05) is 24.3 Å². The molecule has 13 heteroatoms. The van der Waals surface area contributed by atoms with Gasteiger partial charge in [-0.25, -0.2) is 9.59 Å². The molecular weight excluding hydrogens is 412 g/mol. The van der Waals surface area contributed by atoms with Crippen molar-refractivity contribution in [1.82, 2.24) is 14.7 Å². The number of carbonyl (C=O) groups excluding carboxylic acids is 1. The Hall–Kier alpha value is -4.16. The Morgan fingerprint density at radius 3 is 2.39 bits per heavy atom. The van der Waals surface area contributed by atoms with Crippen LogP contribution in [-0.2, 0) is 12.1 Å². The smallest absolute Gasteiger partial charge is 0.434 e. The molecule has 164 valence electrons. The van der Waals surface area contributed by atoms with Crippen LogP contribution in [0.25, 0.3) is 0 Å². The van der Waals surface area contributed by atoms with E-state index in [2.05, 4.69) is 10.4 Å². The summed E-state index contributed by atoms with van der Waals surface area (Å²) in [5.41, 5.74) is -1.01. The minimum absolute atomic E-state index is 0.171. The molecule has 0 spiro atoms. The highest BCUT2D eigenvalue weighted by Gasteiger charge is 2.46. The normalized spacial score (nSPS) is 14.1. The molecule has 13 nitrogen and oxygen atoms in total. The predicted octanol–water partition coefficient (Wildman–Crippen LogP) is 2.36. The number of hydrogen-bond donors (Lipinski definition) is 3. The minimum Gasteiger partial charge on any atom is -0.465 e. The Balaban J connectivity index is 2.07. The molecule has 1 aliphatic heterocycles. The fraction of sp³-hybridized carbons (Fsp3) is 0.333. The van der Waals surface area contributed by atoms with E-state index in [-0.39, 0.29) is 29.2 Å². The van der Waals surface area contributed by atoms with E-state index in [0.29, 0.717) is 10.4 Å². The second-order valence-electron chi connectivity index (χ2n) is 7.60. The summed E-state index contributed by atoms with van der Waals surface area (Å²) in [7, 11) is 3.37. The molecule has 0 aliphatic carbocycles. The number of anilines is 2. The molecule has 3 rings (SSSR count). The van der Waals surface area contributed by atoms with Gasteiger partial charge in [0.05, 0.1) is 22.7 Å². The van der Waals surface area contributed by atoms with Gasteiger partial charge in [-0.05, 0) is 26.0 Å². The summed E-state index contributed by atoms with van der Waals surface area (Å²) in [4.78, 5) is 49.6. The number of rotatable bonds is 4. The van der Waals surface area contributed by atoms with Crippen molar-refractivity contribution < 1.29 is 29.5 Å². The highest BCUT2D eigenvalue weighted by Crippen LogP contribution is 2.41. The molecule has 3 N–H and O–H groups in total. The monoisotopic (exact) mass is 432 g/mol. The van der Waals surface area contributed by atoms with Crippen LogP contribution in [-0.4, -0.2) is 62.0 Å². The van der Waals surface area contributed by atoms with Gasteiger partial charge in [0.25, 0.3) is 11.6 Å². The number of fused-ring (bicyclic) bond motifs is 1.